The van der Waals surface area contributed by atoms with Gasteiger partial charge in [0.25, 0.3) is 0 Å². The summed E-state index contributed by atoms with van der Waals surface area (Å²) in [6.45, 7) is 3.08. The molecule has 1 saturated heterocycles. The molecular formula is C17H19NO6. The Bertz CT molecular complexity index is 735. The standard InChI is InChI=1S/C17H19NO6/c1-17-8(7-10(15(21)22)16(23)24-17)6-9-11(19)2-4-18-5-3-12(20)13(17)14(9)18/h6-7,11-13,19-20H,2-5H2,1H3,(H,21,22). The number of fused-ring (bicyclic) bond motifs is 2. The summed E-state index contributed by atoms with van der Waals surface area (Å²) < 4.78 is 5.53. The van der Waals surface area contributed by atoms with E-state index < -0.39 is 41.2 Å². The van der Waals surface area contributed by atoms with Crippen molar-refractivity contribution >= 4 is 11.9 Å². The molecule has 128 valence electrons. The lowest BCUT2D eigenvalue weighted by Crippen LogP contribution is -2.59. The van der Waals surface area contributed by atoms with Crippen molar-refractivity contribution in [1.82, 2.24) is 4.90 Å². The summed E-state index contributed by atoms with van der Waals surface area (Å²) in [6.07, 6.45) is 2.75. The topological polar surface area (TPSA) is 107 Å². The third-order valence-electron chi connectivity index (χ3n) is 5.57. The van der Waals surface area contributed by atoms with Crippen molar-refractivity contribution in [3.8, 4) is 0 Å². The van der Waals surface area contributed by atoms with Crippen LogP contribution in [0.1, 0.15) is 19.8 Å². The number of carboxylic acid groups (broad SMARTS) is 1. The number of carbonyl (C=O) groups excluding carboxylic acids is 1. The van der Waals surface area contributed by atoms with Gasteiger partial charge in [0.15, 0.2) is 0 Å². The number of hydrogen-bond acceptors (Lipinski definition) is 6. The summed E-state index contributed by atoms with van der Waals surface area (Å²) in [5.74, 6) is -2.75. The summed E-state index contributed by atoms with van der Waals surface area (Å²) in [4.78, 5) is 25.5. The Kier molecular flexibility index (Phi) is 3.17. The zero-order chi connectivity index (χ0) is 17.2. The van der Waals surface area contributed by atoms with E-state index in [1.54, 1.807) is 13.0 Å². The molecule has 1 aliphatic carbocycles. The highest BCUT2D eigenvalue weighted by molar-refractivity contribution is 6.14. The zero-order valence-corrected chi connectivity index (χ0v) is 13.2. The van der Waals surface area contributed by atoms with Gasteiger partial charge in [0.05, 0.1) is 18.1 Å². The van der Waals surface area contributed by atoms with Crippen LogP contribution >= 0.6 is 0 Å². The van der Waals surface area contributed by atoms with Crippen molar-refractivity contribution in [2.24, 2.45) is 5.92 Å². The highest BCUT2D eigenvalue weighted by atomic mass is 16.6. The van der Waals surface area contributed by atoms with Crippen LogP contribution in [-0.4, -0.2) is 63.1 Å². The van der Waals surface area contributed by atoms with Crippen LogP contribution in [0.4, 0.5) is 0 Å². The number of nitrogens with zero attached hydrogens (tertiary/aromatic N) is 1. The Morgan fingerprint density at radius 1 is 1.29 bits per heavy atom. The summed E-state index contributed by atoms with van der Waals surface area (Å²) in [5, 5.41) is 30.2. The Morgan fingerprint density at radius 3 is 2.71 bits per heavy atom. The van der Waals surface area contributed by atoms with Crippen LogP contribution in [0.15, 0.2) is 34.6 Å². The van der Waals surface area contributed by atoms with Crippen LogP contribution in [0.2, 0.25) is 0 Å². The van der Waals surface area contributed by atoms with Crippen LogP contribution in [0.5, 0.6) is 0 Å². The second kappa shape index (κ2) is 4.94. The number of rotatable bonds is 1. The first kappa shape index (κ1) is 15.4. The molecule has 1 fully saturated rings. The van der Waals surface area contributed by atoms with Gasteiger partial charge in [-0.1, -0.05) is 0 Å². The van der Waals surface area contributed by atoms with E-state index in [1.807, 2.05) is 0 Å². The van der Waals surface area contributed by atoms with Crippen LogP contribution in [0.3, 0.4) is 0 Å². The number of aliphatic hydroxyl groups excluding tert-OH is 2. The summed E-state index contributed by atoms with van der Waals surface area (Å²) >= 11 is 0. The third-order valence-corrected chi connectivity index (χ3v) is 5.57. The van der Waals surface area contributed by atoms with Gasteiger partial charge >= 0.3 is 11.9 Å². The average Bonchev–Trinajstić information content (AvgIpc) is 2.51. The number of carbonyl (C=O) groups is 2. The highest BCUT2D eigenvalue weighted by Gasteiger charge is 2.55. The second-order valence-corrected chi connectivity index (χ2v) is 6.93. The third kappa shape index (κ3) is 1.91. The minimum atomic E-state index is -1.35. The number of hydrogen-bond donors (Lipinski definition) is 3. The molecule has 4 rings (SSSR count). The fourth-order valence-corrected chi connectivity index (χ4v) is 4.36. The van der Waals surface area contributed by atoms with E-state index >= 15 is 0 Å². The predicted molar refractivity (Wildman–Crippen MR) is 81.6 cm³/mol. The Morgan fingerprint density at radius 2 is 2.00 bits per heavy atom. The van der Waals surface area contributed by atoms with Gasteiger partial charge in [-0.05, 0) is 37.5 Å². The number of esters is 1. The van der Waals surface area contributed by atoms with E-state index in [2.05, 4.69) is 4.90 Å². The molecule has 0 amide bonds. The van der Waals surface area contributed by atoms with Crippen molar-refractivity contribution in [3.63, 3.8) is 0 Å². The van der Waals surface area contributed by atoms with Crippen LogP contribution in [-0.2, 0) is 14.3 Å². The van der Waals surface area contributed by atoms with Gasteiger partial charge in [-0.25, -0.2) is 9.59 Å². The number of piperidine rings is 1. The molecule has 0 bridgehead atoms. The molecule has 0 aromatic heterocycles. The van der Waals surface area contributed by atoms with Crippen LogP contribution in [0, 0.1) is 5.92 Å². The Labute approximate surface area is 138 Å². The van der Waals surface area contributed by atoms with E-state index in [9.17, 15) is 24.9 Å². The maximum absolute atomic E-state index is 12.1. The van der Waals surface area contributed by atoms with Gasteiger partial charge in [-0.2, -0.15) is 0 Å². The highest BCUT2D eigenvalue weighted by Crippen LogP contribution is 2.50. The molecule has 7 nitrogen and oxygen atoms in total. The van der Waals surface area contributed by atoms with E-state index in [4.69, 9.17) is 4.74 Å². The quantitative estimate of drug-likeness (QED) is 0.456. The SMILES string of the molecule is CC12OC(=O)C(C(=O)O)=CC1=CC1=C3C2C(O)CCN3CCC1O. The average molecular weight is 333 g/mol. The number of aliphatic carboxylic acids is 1. The molecule has 24 heavy (non-hydrogen) atoms. The van der Waals surface area contributed by atoms with Crippen LogP contribution in [0.25, 0.3) is 0 Å². The summed E-state index contributed by atoms with van der Waals surface area (Å²) in [6, 6.07) is 0. The molecule has 7 heteroatoms. The minimum Gasteiger partial charge on any atom is -0.477 e. The zero-order valence-electron chi connectivity index (χ0n) is 13.2. The van der Waals surface area contributed by atoms with Gasteiger partial charge in [0.1, 0.15) is 11.2 Å². The van der Waals surface area contributed by atoms with E-state index in [0.29, 0.717) is 37.1 Å². The molecule has 3 aliphatic heterocycles. The normalized spacial score (nSPS) is 37.9. The lowest BCUT2D eigenvalue weighted by molar-refractivity contribution is -0.163. The first-order chi connectivity index (χ1) is 11.3. The smallest absolute Gasteiger partial charge is 0.346 e. The van der Waals surface area contributed by atoms with Crippen molar-refractivity contribution < 1.29 is 29.6 Å². The van der Waals surface area contributed by atoms with Gasteiger partial charge < -0.3 is 25.0 Å². The van der Waals surface area contributed by atoms with Crippen LogP contribution < -0.4 is 0 Å². The van der Waals surface area contributed by atoms with Gasteiger partial charge in [0.2, 0.25) is 0 Å². The molecule has 0 aromatic carbocycles. The lowest BCUT2D eigenvalue weighted by atomic mass is 9.66. The predicted octanol–water partition coefficient (Wildman–Crippen LogP) is -0.0456. The first-order valence-electron chi connectivity index (χ1n) is 8.08. The fraction of sp³-hybridized carbons (Fsp3) is 0.529. The Balaban J connectivity index is 1.93. The first-order valence-corrected chi connectivity index (χ1v) is 8.08. The largest absolute Gasteiger partial charge is 0.477 e. The van der Waals surface area contributed by atoms with Crippen molar-refractivity contribution in [2.45, 2.75) is 37.6 Å². The minimum absolute atomic E-state index is 0.435. The number of aliphatic hydroxyl groups is 2. The molecule has 4 unspecified atom stereocenters. The Hall–Kier alpha value is -2.12. The van der Waals surface area contributed by atoms with Gasteiger partial charge in [0, 0.05) is 24.4 Å². The van der Waals surface area contributed by atoms with Gasteiger partial charge in [-0.3, -0.25) is 0 Å². The molecule has 0 spiro atoms. The fourth-order valence-electron chi connectivity index (χ4n) is 4.36. The molecular weight excluding hydrogens is 314 g/mol. The maximum atomic E-state index is 12.1. The molecule has 4 aliphatic rings. The number of ether oxygens (including phenoxy) is 1. The maximum Gasteiger partial charge on any atom is 0.346 e. The molecule has 0 aromatic rings. The lowest BCUT2D eigenvalue weighted by Gasteiger charge is -2.53. The van der Waals surface area contributed by atoms with Crippen molar-refractivity contribution in [1.29, 1.82) is 0 Å². The summed E-state index contributed by atoms with van der Waals surface area (Å²) in [7, 11) is 0. The molecule has 4 atom stereocenters. The van der Waals surface area contributed by atoms with E-state index in [0.717, 1.165) is 5.70 Å². The van der Waals surface area contributed by atoms with E-state index in [1.165, 1.54) is 6.08 Å². The van der Waals surface area contributed by atoms with E-state index in [-0.39, 0.29) is 0 Å². The summed E-state index contributed by atoms with van der Waals surface area (Å²) in [5.41, 5.74) is 0.444. The van der Waals surface area contributed by atoms with Crippen molar-refractivity contribution in [3.05, 3.63) is 34.6 Å². The van der Waals surface area contributed by atoms with Crippen molar-refractivity contribution in [2.75, 3.05) is 13.1 Å². The number of carboxylic acids is 1. The molecule has 3 N–H and O–H groups in total. The molecule has 0 saturated carbocycles. The molecule has 3 heterocycles. The molecule has 0 radical (unpaired) electrons. The second-order valence-electron chi connectivity index (χ2n) is 6.93. The monoisotopic (exact) mass is 333 g/mol. The van der Waals surface area contributed by atoms with Gasteiger partial charge in [-0.15, -0.1) is 0 Å².